The van der Waals surface area contributed by atoms with Crippen molar-refractivity contribution in [3.8, 4) is 0 Å². The number of hydrogen-bond acceptors (Lipinski definition) is 1. The Morgan fingerprint density at radius 3 is 2.72 bits per heavy atom. The number of nitrogens with one attached hydrogen (secondary N) is 1. The van der Waals surface area contributed by atoms with E-state index in [4.69, 9.17) is 0 Å². The van der Waals surface area contributed by atoms with Crippen LogP contribution in [-0.4, -0.2) is 10.1 Å². The minimum atomic E-state index is -0.609. The summed E-state index contributed by atoms with van der Waals surface area (Å²) in [5.74, 6) is 0. The smallest absolute Gasteiger partial charge is 0.105 e. The monoisotopic (exact) mass is 301 g/mol. The van der Waals surface area contributed by atoms with Crippen molar-refractivity contribution < 1.29 is 5.11 Å². The largest absolute Gasteiger partial charge is 0.384 e. The van der Waals surface area contributed by atoms with Gasteiger partial charge >= 0.3 is 0 Å². The average molecular weight is 302 g/mol. The molecule has 0 aliphatic rings. The maximum atomic E-state index is 10.5. The molecule has 3 heteroatoms. The summed E-state index contributed by atoms with van der Waals surface area (Å²) in [5, 5.41) is 11.6. The first-order valence-electron chi connectivity index (χ1n) is 5.75. The Bertz CT molecular complexity index is 690. The second-order valence-electron chi connectivity index (χ2n) is 4.24. The molecule has 0 aliphatic heterocycles. The van der Waals surface area contributed by atoms with Crippen molar-refractivity contribution in [3.05, 3.63) is 70.3 Å². The number of hydrogen-bond donors (Lipinski definition) is 2. The van der Waals surface area contributed by atoms with Crippen molar-refractivity contribution >= 4 is 26.8 Å². The lowest BCUT2D eigenvalue weighted by molar-refractivity contribution is 0.222. The maximum absolute atomic E-state index is 10.5. The zero-order chi connectivity index (χ0) is 12.5. The molecule has 90 valence electrons. The number of fused-ring (bicyclic) bond motifs is 1. The third-order valence-corrected chi connectivity index (χ3v) is 3.58. The Morgan fingerprint density at radius 1 is 1.06 bits per heavy atom. The molecule has 0 aliphatic carbocycles. The number of halogens is 1. The lowest BCUT2D eigenvalue weighted by atomic mass is 9.99. The molecular weight excluding hydrogens is 290 g/mol. The molecule has 0 fully saturated rings. The minimum absolute atomic E-state index is 0.609. The van der Waals surface area contributed by atoms with Crippen LogP contribution in [0.1, 0.15) is 17.2 Å². The van der Waals surface area contributed by atoms with Gasteiger partial charge < -0.3 is 10.1 Å². The predicted octanol–water partition coefficient (Wildman–Crippen LogP) is 4.01. The van der Waals surface area contributed by atoms with E-state index >= 15 is 0 Å². The van der Waals surface area contributed by atoms with Gasteiger partial charge in [-0.15, -0.1) is 0 Å². The van der Waals surface area contributed by atoms with E-state index in [-0.39, 0.29) is 0 Å². The van der Waals surface area contributed by atoms with Gasteiger partial charge in [0.2, 0.25) is 0 Å². The van der Waals surface area contributed by atoms with Crippen molar-refractivity contribution in [3.63, 3.8) is 0 Å². The van der Waals surface area contributed by atoms with E-state index in [0.717, 1.165) is 26.5 Å². The van der Waals surface area contributed by atoms with Crippen molar-refractivity contribution in [1.82, 2.24) is 4.98 Å². The van der Waals surface area contributed by atoms with Crippen LogP contribution in [0, 0.1) is 0 Å². The maximum Gasteiger partial charge on any atom is 0.105 e. The number of aliphatic hydroxyl groups excluding tert-OH is 1. The topological polar surface area (TPSA) is 36.0 Å². The van der Waals surface area contributed by atoms with Gasteiger partial charge in [0, 0.05) is 21.6 Å². The molecule has 1 aromatic heterocycles. The highest BCUT2D eigenvalue weighted by Crippen LogP contribution is 2.29. The zero-order valence-electron chi connectivity index (χ0n) is 9.60. The average Bonchev–Trinajstić information content (AvgIpc) is 2.86. The SMILES string of the molecule is OC(c1cccc(Br)c1)c1cccc2[nH]ccc12. The molecule has 0 saturated carbocycles. The van der Waals surface area contributed by atoms with Gasteiger partial charge in [-0.3, -0.25) is 0 Å². The van der Waals surface area contributed by atoms with Gasteiger partial charge in [-0.25, -0.2) is 0 Å². The number of aliphatic hydroxyl groups is 1. The van der Waals surface area contributed by atoms with Crippen molar-refractivity contribution in [2.45, 2.75) is 6.10 Å². The summed E-state index contributed by atoms with van der Waals surface area (Å²) in [5.41, 5.74) is 2.85. The quantitative estimate of drug-likeness (QED) is 0.737. The number of aromatic amines is 1. The molecule has 1 unspecified atom stereocenters. The number of H-pyrrole nitrogens is 1. The van der Waals surface area contributed by atoms with Crippen LogP contribution in [0.5, 0.6) is 0 Å². The van der Waals surface area contributed by atoms with Gasteiger partial charge in [0.05, 0.1) is 0 Å². The summed E-state index contributed by atoms with van der Waals surface area (Å²) < 4.78 is 0.972. The lowest BCUT2D eigenvalue weighted by Gasteiger charge is -2.13. The molecule has 3 rings (SSSR count). The molecule has 2 nitrogen and oxygen atoms in total. The normalized spacial score (nSPS) is 12.8. The van der Waals surface area contributed by atoms with Gasteiger partial charge in [0.25, 0.3) is 0 Å². The van der Waals surface area contributed by atoms with Crippen LogP contribution in [-0.2, 0) is 0 Å². The molecule has 1 heterocycles. The molecule has 2 N–H and O–H groups in total. The second kappa shape index (κ2) is 4.59. The van der Waals surface area contributed by atoms with Gasteiger partial charge in [0.1, 0.15) is 6.10 Å². The third-order valence-electron chi connectivity index (χ3n) is 3.09. The van der Waals surface area contributed by atoms with E-state index in [1.165, 1.54) is 0 Å². The molecule has 3 aromatic rings. The first kappa shape index (κ1) is 11.5. The van der Waals surface area contributed by atoms with Gasteiger partial charge in [-0.1, -0.05) is 40.2 Å². The van der Waals surface area contributed by atoms with Crippen LogP contribution < -0.4 is 0 Å². The molecule has 0 bridgehead atoms. The van der Waals surface area contributed by atoms with E-state index in [1.807, 2.05) is 54.7 Å². The zero-order valence-corrected chi connectivity index (χ0v) is 11.2. The molecule has 18 heavy (non-hydrogen) atoms. The molecule has 1 atom stereocenters. The molecular formula is C15H12BrNO. The van der Waals surface area contributed by atoms with Gasteiger partial charge in [-0.05, 0) is 35.4 Å². The number of aromatic nitrogens is 1. The standard InChI is InChI=1S/C15H12BrNO/c16-11-4-1-3-10(9-11)15(18)13-5-2-6-14-12(13)7-8-17-14/h1-9,15,17-18H. The fraction of sp³-hybridized carbons (Fsp3) is 0.0667. The van der Waals surface area contributed by atoms with E-state index < -0.39 is 6.10 Å². The Balaban J connectivity index is 2.12. The third kappa shape index (κ3) is 1.96. The second-order valence-corrected chi connectivity index (χ2v) is 5.16. The van der Waals surface area contributed by atoms with Crippen LogP contribution in [0.4, 0.5) is 0 Å². The van der Waals surface area contributed by atoms with E-state index in [9.17, 15) is 5.11 Å². The fourth-order valence-electron chi connectivity index (χ4n) is 2.20. The predicted molar refractivity (Wildman–Crippen MR) is 76.5 cm³/mol. The van der Waals surface area contributed by atoms with Crippen molar-refractivity contribution in [2.24, 2.45) is 0 Å². The van der Waals surface area contributed by atoms with Gasteiger partial charge in [-0.2, -0.15) is 0 Å². The van der Waals surface area contributed by atoms with Crippen LogP contribution in [0.3, 0.4) is 0 Å². The highest BCUT2D eigenvalue weighted by Gasteiger charge is 2.13. The molecule has 0 saturated heterocycles. The van der Waals surface area contributed by atoms with Crippen LogP contribution in [0.2, 0.25) is 0 Å². The van der Waals surface area contributed by atoms with E-state index in [2.05, 4.69) is 20.9 Å². The first-order valence-corrected chi connectivity index (χ1v) is 6.54. The Labute approximate surface area is 113 Å². The molecule has 0 amide bonds. The molecule has 0 radical (unpaired) electrons. The molecule has 2 aromatic carbocycles. The summed E-state index contributed by atoms with van der Waals surface area (Å²) >= 11 is 3.43. The lowest BCUT2D eigenvalue weighted by Crippen LogP contribution is -1.99. The summed E-state index contributed by atoms with van der Waals surface area (Å²) in [4.78, 5) is 3.16. The summed E-state index contributed by atoms with van der Waals surface area (Å²) in [6, 6.07) is 15.7. The highest BCUT2D eigenvalue weighted by molar-refractivity contribution is 9.10. The summed E-state index contributed by atoms with van der Waals surface area (Å²) in [6.45, 7) is 0. The van der Waals surface area contributed by atoms with Crippen LogP contribution in [0.25, 0.3) is 10.9 Å². The minimum Gasteiger partial charge on any atom is -0.384 e. The Morgan fingerprint density at radius 2 is 1.89 bits per heavy atom. The highest BCUT2D eigenvalue weighted by atomic mass is 79.9. The summed E-state index contributed by atoms with van der Waals surface area (Å²) in [7, 11) is 0. The van der Waals surface area contributed by atoms with Crippen molar-refractivity contribution in [1.29, 1.82) is 0 Å². The summed E-state index contributed by atoms with van der Waals surface area (Å²) in [6.07, 6.45) is 1.28. The Kier molecular flexibility index (Phi) is 2.94. The first-order chi connectivity index (χ1) is 8.75. The molecule has 0 spiro atoms. The van der Waals surface area contributed by atoms with Crippen molar-refractivity contribution in [2.75, 3.05) is 0 Å². The van der Waals surface area contributed by atoms with E-state index in [0.29, 0.717) is 0 Å². The van der Waals surface area contributed by atoms with Gasteiger partial charge in [0.15, 0.2) is 0 Å². The number of benzene rings is 2. The Hall–Kier alpha value is -1.58. The number of rotatable bonds is 2. The van der Waals surface area contributed by atoms with Crippen LogP contribution >= 0.6 is 15.9 Å². The van der Waals surface area contributed by atoms with E-state index in [1.54, 1.807) is 0 Å². The fourth-order valence-corrected chi connectivity index (χ4v) is 2.62. The van der Waals surface area contributed by atoms with Crippen LogP contribution in [0.15, 0.2) is 59.2 Å².